The van der Waals surface area contributed by atoms with Gasteiger partial charge in [0.15, 0.2) is 0 Å². The molecule has 0 saturated carbocycles. The van der Waals surface area contributed by atoms with Gasteiger partial charge in [0.1, 0.15) is 5.82 Å². The summed E-state index contributed by atoms with van der Waals surface area (Å²) in [6, 6.07) is 5.81. The number of carboxylic acid groups (broad SMARTS) is 1. The molecule has 0 aliphatic carbocycles. The van der Waals surface area contributed by atoms with E-state index in [2.05, 4.69) is 0 Å². The van der Waals surface area contributed by atoms with Gasteiger partial charge in [-0.25, -0.2) is 9.18 Å². The summed E-state index contributed by atoms with van der Waals surface area (Å²) >= 11 is 0. The van der Waals surface area contributed by atoms with Crippen molar-refractivity contribution in [2.45, 2.75) is 20.4 Å². The van der Waals surface area contributed by atoms with Gasteiger partial charge in [0.05, 0.1) is 0 Å². The lowest BCUT2D eigenvalue weighted by Gasteiger charge is -2.18. The van der Waals surface area contributed by atoms with Crippen LogP contribution in [-0.4, -0.2) is 28.9 Å². The number of likely N-dealkylation sites (N-methyl/N-ethyl adjacent to an activating group) is 1. The Morgan fingerprint density at radius 3 is 2.16 bits per heavy atom. The van der Waals surface area contributed by atoms with Crippen LogP contribution in [0, 0.1) is 5.82 Å². The molecule has 0 aromatic heterocycles. The molecule has 0 aliphatic rings. The topological polar surface area (TPSA) is 57.6 Å². The average molecular weight is 265 g/mol. The monoisotopic (exact) mass is 265 g/mol. The molecule has 19 heavy (non-hydrogen) atoms. The molecule has 0 atom stereocenters. The van der Waals surface area contributed by atoms with Crippen LogP contribution in [0.4, 0.5) is 4.39 Å². The molecule has 0 aliphatic heterocycles. The predicted octanol–water partition coefficient (Wildman–Crippen LogP) is 2.21. The molecule has 0 bridgehead atoms. The fraction of sp³-hybridized carbons (Fsp3) is 0.286. The highest BCUT2D eigenvalue weighted by atomic mass is 19.1. The zero-order valence-corrected chi connectivity index (χ0v) is 11.1. The Kier molecular flexibility index (Phi) is 4.80. The number of carbonyl (C=O) groups is 2. The third-order valence-electron chi connectivity index (χ3n) is 2.88. The average Bonchev–Trinajstić information content (AvgIpc) is 2.38. The zero-order valence-electron chi connectivity index (χ0n) is 11.1. The third-order valence-corrected chi connectivity index (χ3v) is 2.88. The maximum absolute atomic E-state index is 12.8. The molecule has 5 heteroatoms. The van der Waals surface area contributed by atoms with Crippen LogP contribution >= 0.6 is 0 Å². The molecule has 1 aromatic rings. The summed E-state index contributed by atoms with van der Waals surface area (Å²) in [5.41, 5.74) is 0.992. The first-order valence-corrected chi connectivity index (χ1v) is 5.73. The molecule has 102 valence electrons. The molecule has 1 aromatic carbocycles. The maximum Gasteiger partial charge on any atom is 0.331 e. The molecule has 0 unspecified atom stereocenters. The molecular weight excluding hydrogens is 249 g/mol. The molecule has 1 amide bonds. The fourth-order valence-corrected chi connectivity index (χ4v) is 1.54. The standard InChI is InChI=1S/C14H16FNO3/c1-9(10(2)14(18)19)13(17)16(3)8-11-4-6-12(15)7-5-11/h4-7H,8H2,1-3H3,(H,18,19). The van der Waals surface area contributed by atoms with Crippen LogP contribution in [0.2, 0.25) is 0 Å². The Labute approximate surface area is 111 Å². The van der Waals surface area contributed by atoms with Crippen molar-refractivity contribution in [3.8, 4) is 0 Å². The van der Waals surface area contributed by atoms with Gasteiger partial charge in [-0.3, -0.25) is 4.79 Å². The number of amides is 1. The maximum atomic E-state index is 12.8. The van der Waals surface area contributed by atoms with Crippen molar-refractivity contribution in [3.05, 3.63) is 46.8 Å². The first-order valence-electron chi connectivity index (χ1n) is 5.73. The van der Waals surface area contributed by atoms with Crippen molar-refractivity contribution in [3.63, 3.8) is 0 Å². The van der Waals surface area contributed by atoms with E-state index in [-0.39, 0.29) is 22.9 Å². The summed E-state index contributed by atoms with van der Waals surface area (Å²) in [6.45, 7) is 3.16. The summed E-state index contributed by atoms with van der Waals surface area (Å²) in [5.74, 6) is -1.80. The number of carbonyl (C=O) groups excluding carboxylic acids is 1. The number of carboxylic acids is 1. The molecular formula is C14H16FNO3. The lowest BCUT2D eigenvalue weighted by molar-refractivity contribution is -0.133. The van der Waals surface area contributed by atoms with E-state index < -0.39 is 5.97 Å². The van der Waals surface area contributed by atoms with Crippen molar-refractivity contribution in [2.75, 3.05) is 7.05 Å². The third kappa shape index (κ3) is 3.91. The minimum absolute atomic E-state index is 0.0240. The molecule has 0 spiro atoms. The molecule has 4 nitrogen and oxygen atoms in total. The van der Waals surface area contributed by atoms with Crippen LogP contribution in [0.5, 0.6) is 0 Å². The van der Waals surface area contributed by atoms with Gasteiger partial charge >= 0.3 is 5.97 Å². The Bertz CT molecular complexity index is 520. The molecule has 0 fully saturated rings. The summed E-state index contributed by atoms with van der Waals surface area (Å²) in [5, 5.41) is 8.83. The molecule has 1 N–H and O–H groups in total. The second-order valence-corrected chi connectivity index (χ2v) is 4.34. The van der Waals surface area contributed by atoms with Gasteiger partial charge in [-0.05, 0) is 31.5 Å². The van der Waals surface area contributed by atoms with Crippen molar-refractivity contribution >= 4 is 11.9 Å². The Balaban J connectivity index is 2.81. The Hall–Kier alpha value is -2.17. The van der Waals surface area contributed by atoms with E-state index in [4.69, 9.17) is 5.11 Å². The van der Waals surface area contributed by atoms with Gasteiger partial charge in [0.25, 0.3) is 0 Å². The van der Waals surface area contributed by atoms with Gasteiger partial charge in [-0.2, -0.15) is 0 Å². The summed E-state index contributed by atoms with van der Waals surface area (Å²) < 4.78 is 12.8. The number of halogens is 1. The van der Waals surface area contributed by atoms with Crippen molar-refractivity contribution in [2.24, 2.45) is 0 Å². The van der Waals surface area contributed by atoms with Crippen LogP contribution in [0.15, 0.2) is 35.4 Å². The smallest absolute Gasteiger partial charge is 0.331 e. The quantitative estimate of drug-likeness (QED) is 0.849. The van der Waals surface area contributed by atoms with Crippen molar-refractivity contribution in [1.82, 2.24) is 4.90 Å². The highest BCUT2D eigenvalue weighted by Gasteiger charge is 2.16. The molecule has 0 saturated heterocycles. The van der Waals surface area contributed by atoms with Gasteiger partial charge in [-0.1, -0.05) is 12.1 Å². The van der Waals surface area contributed by atoms with Crippen LogP contribution in [0.25, 0.3) is 0 Å². The number of aliphatic carboxylic acids is 1. The number of benzene rings is 1. The van der Waals surface area contributed by atoms with E-state index in [1.165, 1.54) is 30.9 Å². The second kappa shape index (κ2) is 6.13. The number of hydrogen-bond acceptors (Lipinski definition) is 2. The van der Waals surface area contributed by atoms with E-state index >= 15 is 0 Å². The summed E-state index contributed by atoms with van der Waals surface area (Å²) in [4.78, 5) is 24.2. The SMILES string of the molecule is CC(C(=O)O)=C(C)C(=O)N(C)Cc1ccc(F)cc1. The van der Waals surface area contributed by atoms with E-state index in [0.717, 1.165) is 5.56 Å². The largest absolute Gasteiger partial charge is 0.478 e. The lowest BCUT2D eigenvalue weighted by Crippen LogP contribution is -2.28. The minimum atomic E-state index is -1.11. The zero-order chi connectivity index (χ0) is 14.6. The van der Waals surface area contributed by atoms with Gasteiger partial charge in [0, 0.05) is 24.7 Å². The van der Waals surface area contributed by atoms with E-state index in [1.807, 2.05) is 0 Å². The molecule has 0 radical (unpaired) electrons. The summed E-state index contributed by atoms with van der Waals surface area (Å²) in [7, 11) is 1.57. The lowest BCUT2D eigenvalue weighted by atomic mass is 10.1. The Morgan fingerprint density at radius 1 is 1.16 bits per heavy atom. The fourth-order valence-electron chi connectivity index (χ4n) is 1.54. The van der Waals surface area contributed by atoms with Crippen LogP contribution < -0.4 is 0 Å². The van der Waals surface area contributed by atoms with E-state index in [1.54, 1.807) is 19.2 Å². The van der Waals surface area contributed by atoms with E-state index in [9.17, 15) is 14.0 Å². The predicted molar refractivity (Wildman–Crippen MR) is 68.9 cm³/mol. The van der Waals surface area contributed by atoms with Gasteiger partial charge < -0.3 is 10.0 Å². The van der Waals surface area contributed by atoms with Crippen LogP contribution in [0.3, 0.4) is 0 Å². The summed E-state index contributed by atoms with van der Waals surface area (Å²) in [6.07, 6.45) is 0. The van der Waals surface area contributed by atoms with E-state index in [0.29, 0.717) is 6.54 Å². The normalized spacial score (nSPS) is 11.8. The molecule has 0 heterocycles. The molecule has 1 rings (SSSR count). The highest BCUT2D eigenvalue weighted by Crippen LogP contribution is 2.11. The first kappa shape index (κ1) is 14.9. The van der Waals surface area contributed by atoms with Crippen molar-refractivity contribution in [1.29, 1.82) is 0 Å². The second-order valence-electron chi connectivity index (χ2n) is 4.34. The van der Waals surface area contributed by atoms with Crippen LogP contribution in [-0.2, 0) is 16.1 Å². The van der Waals surface area contributed by atoms with Crippen molar-refractivity contribution < 1.29 is 19.1 Å². The van der Waals surface area contributed by atoms with Crippen LogP contribution in [0.1, 0.15) is 19.4 Å². The number of rotatable bonds is 4. The number of hydrogen-bond donors (Lipinski definition) is 1. The first-order chi connectivity index (χ1) is 8.82. The van der Waals surface area contributed by atoms with Gasteiger partial charge in [-0.15, -0.1) is 0 Å². The highest BCUT2D eigenvalue weighted by molar-refractivity contribution is 6.01. The Morgan fingerprint density at radius 2 is 1.68 bits per heavy atom. The van der Waals surface area contributed by atoms with Gasteiger partial charge in [0.2, 0.25) is 5.91 Å². The number of nitrogens with zero attached hydrogens (tertiary/aromatic N) is 1. The minimum Gasteiger partial charge on any atom is -0.478 e.